The van der Waals surface area contributed by atoms with Crippen LogP contribution >= 0.6 is 0 Å². The Kier molecular flexibility index (Phi) is 6.22. The summed E-state index contributed by atoms with van der Waals surface area (Å²) in [6.45, 7) is 3.19. The SMILES string of the molecule is CNC(=O)c1c(Nc2ccc(CC(C)=O)cc2)ncnc1Oc1cc(F)c2[nH]c(C)cc2c1F. The van der Waals surface area contributed by atoms with Crippen molar-refractivity contribution in [3.63, 3.8) is 0 Å². The standard InChI is InChI=1S/C24H21F2N5O3/c1-12-8-16-20(26)18(10-17(25)21(16)30-12)34-24-19(23(33)27-3)22(28-11-29-24)31-15-6-4-14(5-7-15)9-13(2)32/h4-8,10-11,30H,9H2,1-3H3,(H,27,33)(H,28,29,31). The molecule has 174 valence electrons. The number of ketones is 1. The number of nitrogens with one attached hydrogen (secondary N) is 3. The number of hydrogen-bond acceptors (Lipinski definition) is 6. The van der Waals surface area contributed by atoms with Gasteiger partial charge in [-0.15, -0.1) is 0 Å². The molecular formula is C24H21F2N5O3. The van der Waals surface area contributed by atoms with Crippen molar-refractivity contribution in [3.05, 3.63) is 71.2 Å². The number of fused-ring (bicyclic) bond motifs is 1. The molecular weight excluding hydrogens is 444 g/mol. The number of carbonyl (C=O) groups is 2. The highest BCUT2D eigenvalue weighted by atomic mass is 19.1. The topological polar surface area (TPSA) is 109 Å². The van der Waals surface area contributed by atoms with Crippen LogP contribution in [0, 0.1) is 18.6 Å². The number of ether oxygens (including phenoxy) is 1. The van der Waals surface area contributed by atoms with Crippen LogP contribution in [0.5, 0.6) is 11.6 Å². The van der Waals surface area contributed by atoms with Gasteiger partial charge in [0.2, 0.25) is 5.88 Å². The van der Waals surface area contributed by atoms with E-state index in [4.69, 9.17) is 4.74 Å². The summed E-state index contributed by atoms with van der Waals surface area (Å²) < 4.78 is 35.2. The number of Topliss-reactive ketones (excluding diaryl/α,β-unsaturated/α-hetero) is 1. The second kappa shape index (κ2) is 9.26. The summed E-state index contributed by atoms with van der Waals surface area (Å²) in [5.41, 5.74) is 1.93. The Labute approximate surface area is 193 Å². The van der Waals surface area contributed by atoms with Gasteiger partial charge in [-0.3, -0.25) is 9.59 Å². The van der Waals surface area contributed by atoms with Crippen LogP contribution in [0.25, 0.3) is 10.9 Å². The van der Waals surface area contributed by atoms with E-state index in [9.17, 15) is 14.0 Å². The fourth-order valence-electron chi connectivity index (χ4n) is 3.51. The number of H-pyrrole nitrogens is 1. The van der Waals surface area contributed by atoms with Gasteiger partial charge in [0.15, 0.2) is 23.2 Å². The second-order valence-electron chi connectivity index (χ2n) is 7.70. The van der Waals surface area contributed by atoms with Crippen LogP contribution in [0.4, 0.5) is 20.3 Å². The molecule has 2 aromatic heterocycles. The van der Waals surface area contributed by atoms with Crippen molar-refractivity contribution >= 4 is 34.1 Å². The van der Waals surface area contributed by atoms with Crippen LogP contribution < -0.4 is 15.4 Å². The van der Waals surface area contributed by atoms with E-state index >= 15 is 4.39 Å². The van der Waals surface area contributed by atoms with Gasteiger partial charge < -0.3 is 20.4 Å². The van der Waals surface area contributed by atoms with Gasteiger partial charge in [-0.05, 0) is 37.6 Å². The quantitative estimate of drug-likeness (QED) is 0.369. The smallest absolute Gasteiger partial charge is 0.260 e. The van der Waals surface area contributed by atoms with Crippen molar-refractivity contribution in [2.24, 2.45) is 0 Å². The molecule has 1 amide bonds. The van der Waals surface area contributed by atoms with Crippen molar-refractivity contribution in [2.45, 2.75) is 20.3 Å². The molecule has 34 heavy (non-hydrogen) atoms. The first-order valence-corrected chi connectivity index (χ1v) is 10.3. The highest BCUT2D eigenvalue weighted by Gasteiger charge is 2.23. The van der Waals surface area contributed by atoms with E-state index in [1.165, 1.54) is 20.0 Å². The van der Waals surface area contributed by atoms with Crippen LogP contribution in [0.2, 0.25) is 0 Å². The lowest BCUT2D eigenvalue weighted by Crippen LogP contribution is -2.21. The van der Waals surface area contributed by atoms with Crippen molar-refractivity contribution in [2.75, 3.05) is 12.4 Å². The zero-order chi connectivity index (χ0) is 24.4. The summed E-state index contributed by atoms with van der Waals surface area (Å²) in [6.07, 6.45) is 1.45. The summed E-state index contributed by atoms with van der Waals surface area (Å²) in [5.74, 6) is -2.63. The van der Waals surface area contributed by atoms with Crippen LogP contribution in [-0.4, -0.2) is 33.7 Å². The van der Waals surface area contributed by atoms with Crippen LogP contribution in [0.3, 0.4) is 0 Å². The van der Waals surface area contributed by atoms with Crippen molar-refractivity contribution in [1.82, 2.24) is 20.3 Å². The number of rotatable bonds is 7. The molecule has 4 aromatic rings. The van der Waals surface area contributed by atoms with Crippen LogP contribution in [0.1, 0.15) is 28.5 Å². The number of aromatic amines is 1. The molecule has 2 heterocycles. The zero-order valence-corrected chi connectivity index (χ0v) is 18.6. The highest BCUT2D eigenvalue weighted by Crippen LogP contribution is 2.34. The maximum absolute atomic E-state index is 15.0. The van der Waals surface area contributed by atoms with Gasteiger partial charge in [-0.25, -0.2) is 18.7 Å². The first-order valence-electron chi connectivity index (χ1n) is 10.3. The third-order valence-corrected chi connectivity index (χ3v) is 5.04. The first kappa shape index (κ1) is 22.8. The molecule has 0 aliphatic carbocycles. The van der Waals surface area contributed by atoms with Gasteiger partial charge in [-0.2, -0.15) is 0 Å². The lowest BCUT2D eigenvalue weighted by atomic mass is 10.1. The summed E-state index contributed by atoms with van der Waals surface area (Å²) >= 11 is 0. The Morgan fingerprint density at radius 3 is 2.53 bits per heavy atom. The molecule has 0 aliphatic heterocycles. The predicted molar refractivity (Wildman–Crippen MR) is 123 cm³/mol. The maximum Gasteiger partial charge on any atom is 0.260 e. The van der Waals surface area contributed by atoms with Crippen LogP contribution in [-0.2, 0) is 11.2 Å². The second-order valence-corrected chi connectivity index (χ2v) is 7.70. The minimum absolute atomic E-state index is 0.0204. The Morgan fingerprint density at radius 2 is 1.85 bits per heavy atom. The van der Waals surface area contributed by atoms with Crippen molar-refractivity contribution < 1.29 is 23.1 Å². The van der Waals surface area contributed by atoms with Crippen molar-refractivity contribution in [1.29, 1.82) is 0 Å². The molecule has 2 aromatic carbocycles. The van der Waals surface area contributed by atoms with E-state index in [-0.39, 0.29) is 33.9 Å². The van der Waals surface area contributed by atoms with E-state index in [0.29, 0.717) is 17.8 Å². The molecule has 0 saturated carbocycles. The Balaban J connectivity index is 1.71. The molecule has 0 fully saturated rings. The number of anilines is 2. The van der Waals surface area contributed by atoms with Gasteiger partial charge in [0.1, 0.15) is 17.7 Å². The van der Waals surface area contributed by atoms with E-state index in [1.807, 2.05) is 0 Å². The third-order valence-electron chi connectivity index (χ3n) is 5.04. The molecule has 0 saturated heterocycles. The molecule has 0 atom stereocenters. The number of hydrogen-bond donors (Lipinski definition) is 3. The Bertz CT molecular complexity index is 1400. The summed E-state index contributed by atoms with van der Waals surface area (Å²) in [6, 6.07) is 9.35. The largest absolute Gasteiger partial charge is 0.435 e. The normalized spacial score (nSPS) is 10.9. The van der Waals surface area contributed by atoms with Crippen LogP contribution in [0.15, 0.2) is 42.7 Å². The Hall–Kier alpha value is -4.34. The van der Waals surface area contributed by atoms with Crippen molar-refractivity contribution in [3.8, 4) is 11.6 Å². The number of benzene rings is 2. The fraction of sp³-hybridized carbons (Fsp3) is 0.167. The predicted octanol–water partition coefficient (Wildman–Crippen LogP) is 4.57. The van der Waals surface area contributed by atoms with Gasteiger partial charge in [-0.1, -0.05) is 12.1 Å². The lowest BCUT2D eigenvalue weighted by Gasteiger charge is -2.14. The number of carbonyl (C=O) groups excluding carboxylic acids is 2. The fourth-order valence-corrected chi connectivity index (χ4v) is 3.51. The third kappa shape index (κ3) is 4.56. The minimum atomic E-state index is -0.794. The molecule has 8 nitrogen and oxygen atoms in total. The summed E-state index contributed by atoms with van der Waals surface area (Å²) in [7, 11) is 1.41. The summed E-state index contributed by atoms with van der Waals surface area (Å²) in [5, 5.41) is 5.50. The molecule has 4 rings (SSSR count). The molecule has 3 N–H and O–H groups in total. The number of nitrogens with zero attached hydrogens (tertiary/aromatic N) is 2. The number of amides is 1. The van der Waals surface area contributed by atoms with E-state index in [2.05, 4.69) is 25.6 Å². The molecule has 10 heteroatoms. The van der Waals surface area contributed by atoms with Gasteiger partial charge in [0, 0.05) is 36.3 Å². The monoisotopic (exact) mass is 465 g/mol. The molecule has 0 spiro atoms. The number of aryl methyl sites for hydroxylation is 1. The molecule has 0 radical (unpaired) electrons. The zero-order valence-electron chi connectivity index (χ0n) is 18.6. The minimum Gasteiger partial charge on any atom is -0.435 e. The van der Waals surface area contributed by atoms with E-state index in [1.54, 1.807) is 31.2 Å². The molecule has 0 unspecified atom stereocenters. The first-order chi connectivity index (χ1) is 16.3. The maximum atomic E-state index is 15.0. The molecule has 0 aliphatic rings. The average Bonchev–Trinajstić information content (AvgIpc) is 3.20. The molecule has 0 bridgehead atoms. The lowest BCUT2D eigenvalue weighted by molar-refractivity contribution is -0.116. The number of aromatic nitrogens is 3. The van der Waals surface area contributed by atoms with Gasteiger partial charge in [0.25, 0.3) is 5.91 Å². The van der Waals surface area contributed by atoms with Gasteiger partial charge >= 0.3 is 0 Å². The highest BCUT2D eigenvalue weighted by molar-refractivity contribution is 6.01. The van der Waals surface area contributed by atoms with Gasteiger partial charge in [0.05, 0.1) is 5.52 Å². The Morgan fingerprint density at radius 1 is 1.12 bits per heavy atom. The van der Waals surface area contributed by atoms with E-state index in [0.717, 1.165) is 18.0 Å². The summed E-state index contributed by atoms with van der Waals surface area (Å²) in [4.78, 5) is 34.8. The number of halogens is 2. The average molecular weight is 465 g/mol. The van der Waals surface area contributed by atoms with E-state index < -0.39 is 23.3 Å².